The molecule has 0 bridgehead atoms. The maximum atomic E-state index is 9.51. The predicted octanol–water partition coefficient (Wildman–Crippen LogP) is 1.59. The van der Waals surface area contributed by atoms with Crippen LogP contribution in [0.15, 0.2) is 18.2 Å². The van der Waals surface area contributed by atoms with E-state index in [0.717, 1.165) is 25.0 Å². The second-order valence-electron chi connectivity index (χ2n) is 5.22. The van der Waals surface area contributed by atoms with Gasteiger partial charge in [-0.05, 0) is 19.9 Å². The molecule has 5 nitrogen and oxygen atoms in total. The van der Waals surface area contributed by atoms with Crippen molar-refractivity contribution in [2.75, 3.05) is 27.9 Å². The monoisotopic (exact) mass is 281 g/mol. The van der Waals surface area contributed by atoms with Crippen LogP contribution in [0.5, 0.6) is 17.2 Å². The largest absolute Gasteiger partial charge is 0.496 e. The van der Waals surface area contributed by atoms with Gasteiger partial charge in [0.25, 0.3) is 0 Å². The SMILES string of the molecule is CNC1(CO)CCC(Oc2cc(OC)cc(OC)c2)C1. The molecule has 0 aromatic heterocycles. The minimum atomic E-state index is -0.215. The molecule has 0 saturated heterocycles. The van der Waals surface area contributed by atoms with E-state index in [-0.39, 0.29) is 18.2 Å². The minimum absolute atomic E-state index is 0.0893. The summed E-state index contributed by atoms with van der Waals surface area (Å²) in [6.07, 6.45) is 2.71. The number of methoxy groups -OCH3 is 2. The molecule has 2 atom stereocenters. The average Bonchev–Trinajstić information content (AvgIpc) is 2.90. The first kappa shape index (κ1) is 14.9. The molecule has 5 heteroatoms. The highest BCUT2D eigenvalue weighted by atomic mass is 16.5. The van der Waals surface area contributed by atoms with E-state index in [9.17, 15) is 5.11 Å². The average molecular weight is 281 g/mol. The smallest absolute Gasteiger partial charge is 0.127 e. The highest BCUT2D eigenvalue weighted by Crippen LogP contribution is 2.34. The molecular formula is C15H23NO4. The third kappa shape index (κ3) is 3.16. The number of aliphatic hydroxyl groups excluding tert-OH is 1. The fourth-order valence-corrected chi connectivity index (χ4v) is 2.67. The highest BCUT2D eigenvalue weighted by Gasteiger charge is 2.38. The molecule has 1 aromatic rings. The molecule has 1 aliphatic rings. The Kier molecular flexibility index (Phi) is 4.73. The van der Waals surface area contributed by atoms with E-state index >= 15 is 0 Å². The number of hydrogen-bond donors (Lipinski definition) is 2. The fraction of sp³-hybridized carbons (Fsp3) is 0.600. The lowest BCUT2D eigenvalue weighted by atomic mass is 9.99. The fourth-order valence-electron chi connectivity index (χ4n) is 2.67. The van der Waals surface area contributed by atoms with Crippen LogP contribution in [-0.2, 0) is 0 Å². The minimum Gasteiger partial charge on any atom is -0.496 e. The molecule has 1 saturated carbocycles. The number of nitrogens with one attached hydrogen (secondary N) is 1. The Bertz CT molecular complexity index is 423. The summed E-state index contributed by atoms with van der Waals surface area (Å²) in [5, 5.41) is 12.7. The van der Waals surface area contributed by atoms with Crippen molar-refractivity contribution in [3.63, 3.8) is 0 Å². The van der Waals surface area contributed by atoms with E-state index in [0.29, 0.717) is 11.5 Å². The summed E-state index contributed by atoms with van der Waals surface area (Å²) in [5.74, 6) is 2.15. The molecule has 1 fully saturated rings. The van der Waals surface area contributed by atoms with Gasteiger partial charge in [-0.15, -0.1) is 0 Å². The lowest BCUT2D eigenvalue weighted by molar-refractivity contribution is 0.146. The normalized spacial score (nSPS) is 25.5. The Labute approximate surface area is 119 Å². The van der Waals surface area contributed by atoms with Gasteiger partial charge in [0.05, 0.1) is 20.8 Å². The molecule has 2 rings (SSSR count). The zero-order valence-corrected chi connectivity index (χ0v) is 12.3. The van der Waals surface area contributed by atoms with Crippen molar-refractivity contribution in [1.29, 1.82) is 0 Å². The summed E-state index contributed by atoms with van der Waals surface area (Å²) in [7, 11) is 5.12. The maximum absolute atomic E-state index is 9.51. The first-order valence-corrected chi connectivity index (χ1v) is 6.84. The number of ether oxygens (including phenoxy) is 3. The van der Waals surface area contributed by atoms with Gasteiger partial charge < -0.3 is 24.6 Å². The zero-order chi connectivity index (χ0) is 14.6. The maximum Gasteiger partial charge on any atom is 0.127 e. The van der Waals surface area contributed by atoms with E-state index < -0.39 is 0 Å². The highest BCUT2D eigenvalue weighted by molar-refractivity contribution is 5.42. The van der Waals surface area contributed by atoms with Crippen LogP contribution in [0, 0.1) is 0 Å². The van der Waals surface area contributed by atoms with Crippen molar-refractivity contribution in [2.24, 2.45) is 0 Å². The number of benzene rings is 1. The summed E-state index contributed by atoms with van der Waals surface area (Å²) < 4.78 is 16.5. The third-order valence-corrected chi connectivity index (χ3v) is 4.02. The third-order valence-electron chi connectivity index (χ3n) is 4.02. The molecule has 2 unspecified atom stereocenters. The van der Waals surface area contributed by atoms with E-state index in [1.54, 1.807) is 14.2 Å². The Morgan fingerprint density at radius 3 is 2.25 bits per heavy atom. The number of likely N-dealkylation sites (N-methyl/N-ethyl adjacent to an activating group) is 1. The molecule has 20 heavy (non-hydrogen) atoms. The predicted molar refractivity (Wildman–Crippen MR) is 76.7 cm³/mol. The van der Waals surface area contributed by atoms with Gasteiger partial charge in [-0.3, -0.25) is 0 Å². The van der Waals surface area contributed by atoms with Crippen LogP contribution in [0.25, 0.3) is 0 Å². The lowest BCUT2D eigenvalue weighted by Crippen LogP contribution is -2.44. The van der Waals surface area contributed by atoms with Crippen LogP contribution in [0.4, 0.5) is 0 Å². The molecule has 0 amide bonds. The Balaban J connectivity index is 2.07. The molecule has 0 radical (unpaired) electrons. The van der Waals surface area contributed by atoms with Crippen LogP contribution in [0.2, 0.25) is 0 Å². The van der Waals surface area contributed by atoms with E-state index in [2.05, 4.69) is 5.32 Å². The van der Waals surface area contributed by atoms with E-state index in [1.165, 1.54) is 0 Å². The second-order valence-corrected chi connectivity index (χ2v) is 5.22. The molecular weight excluding hydrogens is 258 g/mol. The first-order chi connectivity index (χ1) is 9.64. The van der Waals surface area contributed by atoms with Gasteiger partial charge in [0.15, 0.2) is 0 Å². The van der Waals surface area contributed by atoms with Gasteiger partial charge in [-0.1, -0.05) is 0 Å². The van der Waals surface area contributed by atoms with Gasteiger partial charge in [0.2, 0.25) is 0 Å². The van der Waals surface area contributed by atoms with Crippen LogP contribution >= 0.6 is 0 Å². The molecule has 1 aliphatic carbocycles. The number of aliphatic hydroxyl groups is 1. The quantitative estimate of drug-likeness (QED) is 0.829. The van der Waals surface area contributed by atoms with Crippen LogP contribution < -0.4 is 19.5 Å². The van der Waals surface area contributed by atoms with Crippen molar-refractivity contribution < 1.29 is 19.3 Å². The van der Waals surface area contributed by atoms with Gasteiger partial charge in [-0.2, -0.15) is 0 Å². The second kappa shape index (κ2) is 6.33. The molecule has 0 spiro atoms. The molecule has 0 heterocycles. The number of hydrogen-bond acceptors (Lipinski definition) is 5. The van der Waals surface area contributed by atoms with Gasteiger partial charge in [-0.25, -0.2) is 0 Å². The Hall–Kier alpha value is -1.46. The van der Waals surface area contributed by atoms with Gasteiger partial charge >= 0.3 is 0 Å². The van der Waals surface area contributed by atoms with Crippen LogP contribution in [-0.4, -0.2) is 44.6 Å². The van der Waals surface area contributed by atoms with Crippen molar-refractivity contribution in [2.45, 2.75) is 30.9 Å². The molecule has 112 valence electrons. The Morgan fingerprint density at radius 2 is 1.80 bits per heavy atom. The van der Waals surface area contributed by atoms with Crippen LogP contribution in [0.1, 0.15) is 19.3 Å². The summed E-state index contributed by atoms with van der Waals surface area (Å²) >= 11 is 0. The lowest BCUT2D eigenvalue weighted by Gasteiger charge is -2.26. The topological polar surface area (TPSA) is 60.0 Å². The van der Waals surface area contributed by atoms with E-state index in [4.69, 9.17) is 14.2 Å². The standard InChI is InChI=1S/C15H23NO4/c1-16-15(10-17)5-4-11(9-15)20-14-7-12(18-2)6-13(8-14)19-3/h6-8,11,16-17H,4-5,9-10H2,1-3H3. The van der Waals surface area contributed by atoms with Crippen LogP contribution in [0.3, 0.4) is 0 Å². The van der Waals surface area contributed by atoms with E-state index in [1.807, 2.05) is 25.2 Å². The Morgan fingerprint density at radius 1 is 1.20 bits per heavy atom. The molecule has 2 N–H and O–H groups in total. The summed E-state index contributed by atoms with van der Waals surface area (Å²) in [5.41, 5.74) is -0.215. The summed E-state index contributed by atoms with van der Waals surface area (Å²) in [6, 6.07) is 5.51. The number of rotatable bonds is 6. The zero-order valence-electron chi connectivity index (χ0n) is 12.3. The van der Waals surface area contributed by atoms with Crippen molar-refractivity contribution in [1.82, 2.24) is 5.32 Å². The first-order valence-electron chi connectivity index (χ1n) is 6.84. The van der Waals surface area contributed by atoms with Crippen molar-refractivity contribution >= 4 is 0 Å². The molecule has 0 aliphatic heterocycles. The van der Waals surface area contributed by atoms with Gasteiger partial charge in [0, 0.05) is 30.2 Å². The van der Waals surface area contributed by atoms with Crippen molar-refractivity contribution in [3.8, 4) is 17.2 Å². The molecule has 1 aromatic carbocycles. The summed E-state index contributed by atoms with van der Waals surface area (Å²) in [6.45, 7) is 0.130. The van der Waals surface area contributed by atoms with Gasteiger partial charge in [0.1, 0.15) is 23.4 Å². The van der Waals surface area contributed by atoms with Crippen molar-refractivity contribution in [3.05, 3.63) is 18.2 Å². The summed E-state index contributed by atoms with van der Waals surface area (Å²) in [4.78, 5) is 0.